The van der Waals surface area contributed by atoms with E-state index in [1.165, 1.54) is 148 Å². The number of esters is 2. The minimum atomic E-state index is -0.773. The number of allylic oxidation sites excluding steroid dienone is 2. The molecule has 0 unspecified atom stereocenters. The van der Waals surface area contributed by atoms with Gasteiger partial charge in [0.2, 0.25) is 0 Å². The summed E-state index contributed by atoms with van der Waals surface area (Å²) in [6.45, 7) is 4.09. The van der Waals surface area contributed by atoms with Gasteiger partial charge in [0.1, 0.15) is 6.61 Å². The molecular formula is C40H76O5. The fraction of sp³-hybridized carbons (Fsp3) is 0.900. The van der Waals surface area contributed by atoms with Crippen LogP contribution in [0.25, 0.3) is 0 Å². The highest BCUT2D eigenvalue weighted by molar-refractivity contribution is 5.70. The van der Waals surface area contributed by atoms with Crippen molar-refractivity contribution in [2.24, 2.45) is 0 Å². The molecule has 5 nitrogen and oxygen atoms in total. The van der Waals surface area contributed by atoms with E-state index >= 15 is 0 Å². The van der Waals surface area contributed by atoms with Gasteiger partial charge in [0, 0.05) is 12.8 Å². The second-order valence-corrected chi connectivity index (χ2v) is 13.4. The lowest BCUT2D eigenvalue weighted by molar-refractivity contribution is -0.161. The van der Waals surface area contributed by atoms with Crippen LogP contribution < -0.4 is 0 Å². The maximum absolute atomic E-state index is 12.0. The number of aliphatic hydroxyl groups excluding tert-OH is 1. The van der Waals surface area contributed by atoms with Crippen molar-refractivity contribution >= 4 is 11.9 Å². The molecule has 0 saturated carbocycles. The van der Waals surface area contributed by atoms with Gasteiger partial charge in [-0.25, -0.2) is 0 Å². The summed E-state index contributed by atoms with van der Waals surface area (Å²) in [6, 6.07) is 0. The predicted octanol–water partition coefficient (Wildman–Crippen LogP) is 12.1. The van der Waals surface area contributed by atoms with Crippen molar-refractivity contribution in [2.75, 3.05) is 13.2 Å². The van der Waals surface area contributed by atoms with Crippen LogP contribution >= 0.6 is 0 Å². The van der Waals surface area contributed by atoms with Gasteiger partial charge in [0.15, 0.2) is 6.10 Å². The molecule has 0 heterocycles. The molecule has 0 spiro atoms. The summed E-state index contributed by atoms with van der Waals surface area (Å²) in [7, 11) is 0. The van der Waals surface area contributed by atoms with Crippen LogP contribution in [0.5, 0.6) is 0 Å². The Morgan fingerprint density at radius 1 is 0.489 bits per heavy atom. The van der Waals surface area contributed by atoms with Crippen molar-refractivity contribution in [1.82, 2.24) is 0 Å². The molecule has 0 radical (unpaired) electrons. The molecule has 0 aromatic carbocycles. The number of unbranched alkanes of at least 4 members (excludes halogenated alkanes) is 26. The number of rotatable bonds is 36. The van der Waals surface area contributed by atoms with E-state index in [2.05, 4.69) is 26.0 Å². The smallest absolute Gasteiger partial charge is 0.306 e. The lowest BCUT2D eigenvalue weighted by Crippen LogP contribution is -2.28. The molecule has 0 rings (SSSR count). The van der Waals surface area contributed by atoms with Gasteiger partial charge in [-0.3, -0.25) is 9.59 Å². The first-order valence-corrected chi connectivity index (χ1v) is 19.7. The van der Waals surface area contributed by atoms with E-state index < -0.39 is 6.10 Å². The number of carbonyl (C=O) groups is 2. The molecule has 0 aliphatic carbocycles. The Balaban J connectivity index is 3.47. The Labute approximate surface area is 280 Å². The van der Waals surface area contributed by atoms with Gasteiger partial charge in [-0.15, -0.1) is 0 Å². The SMILES string of the molecule is CCCCCCCCCCCCCCCCCCCC/C=C/CCCC(=O)OC[C@H](CO)OC(=O)CCCCCCCCCC. The second-order valence-electron chi connectivity index (χ2n) is 13.4. The third kappa shape index (κ3) is 35.3. The Kier molecular flexibility index (Phi) is 36.0. The molecule has 0 fully saturated rings. The summed E-state index contributed by atoms with van der Waals surface area (Å²) in [5.74, 6) is -0.625. The summed E-state index contributed by atoms with van der Waals surface area (Å²) < 4.78 is 10.5. The van der Waals surface area contributed by atoms with E-state index in [-0.39, 0.29) is 25.2 Å². The van der Waals surface area contributed by atoms with Gasteiger partial charge >= 0.3 is 11.9 Å². The normalized spacial score (nSPS) is 12.2. The quantitative estimate of drug-likeness (QED) is 0.0421. The van der Waals surface area contributed by atoms with E-state index in [1.54, 1.807) is 0 Å². The Bertz CT molecular complexity index is 647. The van der Waals surface area contributed by atoms with Gasteiger partial charge in [-0.2, -0.15) is 0 Å². The molecule has 0 aromatic heterocycles. The highest BCUT2D eigenvalue weighted by Gasteiger charge is 2.16. The topological polar surface area (TPSA) is 72.8 Å². The molecule has 0 amide bonds. The van der Waals surface area contributed by atoms with Crippen LogP contribution in [-0.4, -0.2) is 36.4 Å². The van der Waals surface area contributed by atoms with E-state index in [9.17, 15) is 14.7 Å². The first kappa shape index (κ1) is 43.6. The van der Waals surface area contributed by atoms with Crippen molar-refractivity contribution in [3.8, 4) is 0 Å². The number of aliphatic hydroxyl groups is 1. The van der Waals surface area contributed by atoms with Crippen LogP contribution in [0.1, 0.15) is 213 Å². The summed E-state index contributed by atoms with van der Waals surface area (Å²) in [5.41, 5.74) is 0. The zero-order valence-electron chi connectivity index (χ0n) is 30.1. The van der Waals surface area contributed by atoms with Crippen LogP contribution in [0, 0.1) is 0 Å². The molecule has 0 saturated heterocycles. The van der Waals surface area contributed by atoms with E-state index in [1.807, 2.05) is 0 Å². The van der Waals surface area contributed by atoms with Crippen molar-refractivity contribution in [1.29, 1.82) is 0 Å². The Morgan fingerprint density at radius 3 is 1.27 bits per heavy atom. The molecule has 266 valence electrons. The lowest BCUT2D eigenvalue weighted by atomic mass is 10.0. The number of carbonyl (C=O) groups excluding carboxylic acids is 2. The largest absolute Gasteiger partial charge is 0.462 e. The molecular weight excluding hydrogens is 560 g/mol. The Morgan fingerprint density at radius 2 is 0.844 bits per heavy atom. The average Bonchev–Trinajstić information content (AvgIpc) is 3.04. The molecule has 0 bridgehead atoms. The first-order valence-electron chi connectivity index (χ1n) is 19.7. The third-order valence-corrected chi connectivity index (χ3v) is 8.81. The number of ether oxygens (including phenoxy) is 2. The minimum absolute atomic E-state index is 0.0757. The standard InChI is InChI=1S/C40H76O5/c1-3-5-7-9-11-13-14-15-16-17-18-19-20-21-22-23-24-25-26-27-29-30-32-34-39(42)44-37-38(36-41)45-40(43)35-33-31-28-12-10-8-6-4-2/h27,29,38,41H,3-26,28,30-37H2,1-2H3/b29-27+/t38-/m0/s1. The zero-order chi connectivity index (χ0) is 32.9. The van der Waals surface area contributed by atoms with E-state index in [0.29, 0.717) is 12.8 Å². The van der Waals surface area contributed by atoms with Gasteiger partial charge in [-0.05, 0) is 32.1 Å². The van der Waals surface area contributed by atoms with Crippen LogP contribution in [0.2, 0.25) is 0 Å². The molecule has 1 atom stereocenters. The molecule has 1 N–H and O–H groups in total. The molecule has 5 heteroatoms. The van der Waals surface area contributed by atoms with Crippen LogP contribution in [0.4, 0.5) is 0 Å². The highest BCUT2D eigenvalue weighted by atomic mass is 16.6. The van der Waals surface area contributed by atoms with Gasteiger partial charge < -0.3 is 14.6 Å². The maximum atomic E-state index is 12.0. The monoisotopic (exact) mass is 637 g/mol. The fourth-order valence-corrected chi connectivity index (χ4v) is 5.79. The van der Waals surface area contributed by atoms with E-state index in [4.69, 9.17) is 9.47 Å². The van der Waals surface area contributed by atoms with Crippen LogP contribution in [-0.2, 0) is 19.1 Å². The van der Waals surface area contributed by atoms with E-state index in [0.717, 1.165) is 38.5 Å². The van der Waals surface area contributed by atoms with Crippen molar-refractivity contribution in [3.63, 3.8) is 0 Å². The number of hydrogen-bond donors (Lipinski definition) is 1. The van der Waals surface area contributed by atoms with Gasteiger partial charge in [0.05, 0.1) is 6.61 Å². The number of hydrogen-bond acceptors (Lipinski definition) is 5. The van der Waals surface area contributed by atoms with Gasteiger partial charge in [-0.1, -0.05) is 180 Å². The minimum Gasteiger partial charge on any atom is -0.462 e. The summed E-state index contributed by atoms with van der Waals surface area (Å²) in [4.78, 5) is 24.1. The zero-order valence-corrected chi connectivity index (χ0v) is 30.1. The average molecular weight is 637 g/mol. The second kappa shape index (κ2) is 37.1. The predicted molar refractivity (Wildman–Crippen MR) is 192 cm³/mol. The van der Waals surface area contributed by atoms with Crippen molar-refractivity contribution in [3.05, 3.63) is 12.2 Å². The third-order valence-electron chi connectivity index (χ3n) is 8.81. The fourth-order valence-electron chi connectivity index (χ4n) is 5.79. The van der Waals surface area contributed by atoms with Crippen LogP contribution in [0.15, 0.2) is 12.2 Å². The summed E-state index contributed by atoms with van der Waals surface area (Å²) >= 11 is 0. The maximum Gasteiger partial charge on any atom is 0.306 e. The summed E-state index contributed by atoms with van der Waals surface area (Å²) in [5, 5.41) is 9.49. The molecule has 0 aliphatic heterocycles. The Hall–Kier alpha value is -1.36. The molecule has 45 heavy (non-hydrogen) atoms. The van der Waals surface area contributed by atoms with Crippen LogP contribution in [0.3, 0.4) is 0 Å². The lowest BCUT2D eigenvalue weighted by Gasteiger charge is -2.15. The van der Waals surface area contributed by atoms with Gasteiger partial charge in [0.25, 0.3) is 0 Å². The molecule has 0 aromatic rings. The van der Waals surface area contributed by atoms with Crippen molar-refractivity contribution < 1.29 is 24.2 Å². The highest BCUT2D eigenvalue weighted by Crippen LogP contribution is 2.15. The first-order chi connectivity index (χ1) is 22.1. The molecule has 0 aliphatic rings. The summed E-state index contributed by atoms with van der Waals surface area (Å²) in [6.07, 6.45) is 41.6. The van der Waals surface area contributed by atoms with Crippen molar-refractivity contribution in [2.45, 2.75) is 219 Å².